The summed E-state index contributed by atoms with van der Waals surface area (Å²) in [5.41, 5.74) is 0. The fraction of sp³-hybridized carbons (Fsp3) is 0.273. The first-order valence-corrected chi connectivity index (χ1v) is 5.38. The van der Waals surface area contributed by atoms with Gasteiger partial charge in [-0.1, -0.05) is 6.92 Å². The van der Waals surface area contributed by atoms with Crippen LogP contribution in [0, 0.1) is 0 Å². The summed E-state index contributed by atoms with van der Waals surface area (Å²) in [5.74, 6) is 0.979. The van der Waals surface area contributed by atoms with E-state index in [2.05, 4.69) is 30.5 Å². The molecule has 0 aliphatic heterocycles. The second kappa shape index (κ2) is 3.79. The average Bonchev–Trinajstić information content (AvgIpc) is 2.61. The molecule has 0 saturated heterocycles. The molecule has 0 atom stereocenters. The monoisotopic (exact) mass is 192 g/mol. The van der Waals surface area contributed by atoms with Gasteiger partial charge in [-0.05, 0) is 41.5 Å². The molecular formula is C11H12OS. The zero-order chi connectivity index (χ0) is 9.10. The van der Waals surface area contributed by atoms with Crippen molar-refractivity contribution in [1.82, 2.24) is 0 Å². The summed E-state index contributed by atoms with van der Waals surface area (Å²) < 4.78 is 6.86. The van der Waals surface area contributed by atoms with Gasteiger partial charge in [0, 0.05) is 4.70 Å². The van der Waals surface area contributed by atoms with E-state index < -0.39 is 0 Å². The molecule has 1 heterocycles. The lowest BCUT2D eigenvalue weighted by molar-refractivity contribution is 0.318. The fourth-order valence-corrected chi connectivity index (χ4v) is 2.03. The summed E-state index contributed by atoms with van der Waals surface area (Å²) in [6, 6.07) is 8.37. The summed E-state index contributed by atoms with van der Waals surface area (Å²) in [6.07, 6.45) is 1.06. The highest BCUT2D eigenvalue weighted by atomic mass is 32.1. The van der Waals surface area contributed by atoms with Crippen molar-refractivity contribution in [2.24, 2.45) is 0 Å². The van der Waals surface area contributed by atoms with Crippen molar-refractivity contribution in [2.75, 3.05) is 6.61 Å². The average molecular weight is 192 g/mol. The molecule has 0 fully saturated rings. The lowest BCUT2D eigenvalue weighted by atomic mass is 10.2. The SMILES string of the molecule is CCCOc1ccc2sccc2c1. The van der Waals surface area contributed by atoms with Crippen LogP contribution >= 0.6 is 11.3 Å². The molecule has 0 saturated carbocycles. The minimum absolute atomic E-state index is 0.801. The number of fused-ring (bicyclic) bond motifs is 1. The van der Waals surface area contributed by atoms with E-state index in [4.69, 9.17) is 4.74 Å². The third-order valence-electron chi connectivity index (χ3n) is 1.90. The molecule has 0 aliphatic carbocycles. The molecule has 0 amide bonds. The third kappa shape index (κ3) is 1.83. The minimum atomic E-state index is 0.801. The van der Waals surface area contributed by atoms with Crippen LogP contribution in [0.5, 0.6) is 5.75 Å². The quantitative estimate of drug-likeness (QED) is 0.720. The number of benzene rings is 1. The highest BCUT2D eigenvalue weighted by Crippen LogP contribution is 2.25. The van der Waals surface area contributed by atoms with Crippen molar-refractivity contribution < 1.29 is 4.74 Å². The summed E-state index contributed by atoms with van der Waals surface area (Å²) in [4.78, 5) is 0. The zero-order valence-electron chi connectivity index (χ0n) is 7.62. The second-order valence-corrected chi connectivity index (χ2v) is 3.92. The molecule has 13 heavy (non-hydrogen) atoms. The first-order valence-electron chi connectivity index (χ1n) is 4.50. The van der Waals surface area contributed by atoms with Gasteiger partial charge in [0.2, 0.25) is 0 Å². The molecule has 0 radical (unpaired) electrons. The normalized spacial score (nSPS) is 10.5. The molecule has 0 spiro atoms. The van der Waals surface area contributed by atoms with Gasteiger partial charge >= 0.3 is 0 Å². The van der Waals surface area contributed by atoms with Crippen LogP contribution < -0.4 is 4.74 Å². The van der Waals surface area contributed by atoms with Crippen LogP contribution in [0.3, 0.4) is 0 Å². The van der Waals surface area contributed by atoms with E-state index in [9.17, 15) is 0 Å². The molecule has 0 aliphatic rings. The highest BCUT2D eigenvalue weighted by Gasteiger charge is 1.97. The van der Waals surface area contributed by atoms with Gasteiger partial charge in [0.05, 0.1) is 6.61 Å². The topological polar surface area (TPSA) is 9.23 Å². The van der Waals surface area contributed by atoms with Gasteiger partial charge in [0.25, 0.3) is 0 Å². The van der Waals surface area contributed by atoms with E-state index >= 15 is 0 Å². The van der Waals surface area contributed by atoms with Crippen LogP contribution in [0.4, 0.5) is 0 Å². The standard InChI is InChI=1S/C11H12OS/c1-2-6-12-10-3-4-11-9(8-10)5-7-13-11/h3-5,7-8H,2,6H2,1H3. The van der Waals surface area contributed by atoms with E-state index in [1.807, 2.05) is 6.07 Å². The lowest BCUT2D eigenvalue weighted by Crippen LogP contribution is -1.93. The summed E-state index contributed by atoms with van der Waals surface area (Å²) in [6.45, 7) is 2.92. The predicted octanol–water partition coefficient (Wildman–Crippen LogP) is 3.69. The first-order chi connectivity index (χ1) is 6.40. The largest absolute Gasteiger partial charge is 0.494 e. The van der Waals surface area contributed by atoms with Gasteiger partial charge < -0.3 is 4.74 Å². The molecule has 0 N–H and O–H groups in total. The van der Waals surface area contributed by atoms with Crippen LogP contribution in [0.1, 0.15) is 13.3 Å². The Hall–Kier alpha value is -1.02. The molecule has 0 bridgehead atoms. The van der Waals surface area contributed by atoms with Gasteiger partial charge in [-0.15, -0.1) is 11.3 Å². The molecule has 1 aromatic carbocycles. The third-order valence-corrected chi connectivity index (χ3v) is 2.79. The van der Waals surface area contributed by atoms with E-state index in [0.29, 0.717) is 0 Å². The maximum Gasteiger partial charge on any atom is 0.119 e. The van der Waals surface area contributed by atoms with Gasteiger partial charge in [-0.3, -0.25) is 0 Å². The summed E-state index contributed by atoms with van der Waals surface area (Å²) in [7, 11) is 0. The minimum Gasteiger partial charge on any atom is -0.494 e. The van der Waals surface area contributed by atoms with Crippen molar-refractivity contribution in [2.45, 2.75) is 13.3 Å². The Kier molecular flexibility index (Phi) is 2.50. The lowest BCUT2D eigenvalue weighted by Gasteiger charge is -2.03. The van der Waals surface area contributed by atoms with Gasteiger partial charge in [0.15, 0.2) is 0 Å². The predicted molar refractivity (Wildman–Crippen MR) is 57.6 cm³/mol. The van der Waals surface area contributed by atoms with Crippen LogP contribution in [0.2, 0.25) is 0 Å². The van der Waals surface area contributed by atoms with E-state index in [1.54, 1.807) is 11.3 Å². The Labute approximate surface area is 82.0 Å². The van der Waals surface area contributed by atoms with Crippen molar-refractivity contribution in [3.8, 4) is 5.75 Å². The van der Waals surface area contributed by atoms with E-state index in [0.717, 1.165) is 18.8 Å². The first kappa shape index (κ1) is 8.57. The Bertz CT molecular complexity index is 392. The Morgan fingerprint density at radius 3 is 3.08 bits per heavy atom. The summed E-state index contributed by atoms with van der Waals surface area (Å²) >= 11 is 1.76. The number of ether oxygens (including phenoxy) is 1. The van der Waals surface area contributed by atoms with Crippen LogP contribution in [0.15, 0.2) is 29.6 Å². The smallest absolute Gasteiger partial charge is 0.119 e. The molecule has 2 heteroatoms. The Balaban J connectivity index is 2.26. The van der Waals surface area contributed by atoms with E-state index in [-0.39, 0.29) is 0 Å². The maximum atomic E-state index is 5.54. The fourth-order valence-electron chi connectivity index (χ4n) is 1.25. The molecule has 2 aromatic rings. The van der Waals surface area contributed by atoms with Crippen molar-refractivity contribution >= 4 is 21.4 Å². The van der Waals surface area contributed by atoms with Gasteiger partial charge in [-0.25, -0.2) is 0 Å². The molecule has 1 aromatic heterocycles. The highest BCUT2D eigenvalue weighted by molar-refractivity contribution is 7.17. The van der Waals surface area contributed by atoms with Crippen molar-refractivity contribution in [1.29, 1.82) is 0 Å². The molecule has 68 valence electrons. The van der Waals surface area contributed by atoms with Crippen LogP contribution in [-0.2, 0) is 0 Å². The number of hydrogen-bond acceptors (Lipinski definition) is 2. The Morgan fingerprint density at radius 1 is 1.31 bits per heavy atom. The second-order valence-electron chi connectivity index (χ2n) is 2.97. The molecule has 1 nitrogen and oxygen atoms in total. The van der Waals surface area contributed by atoms with Gasteiger partial charge in [0.1, 0.15) is 5.75 Å². The number of rotatable bonds is 3. The van der Waals surface area contributed by atoms with E-state index in [1.165, 1.54) is 10.1 Å². The maximum absolute atomic E-state index is 5.54. The van der Waals surface area contributed by atoms with Gasteiger partial charge in [-0.2, -0.15) is 0 Å². The molecular weight excluding hydrogens is 180 g/mol. The van der Waals surface area contributed by atoms with Crippen molar-refractivity contribution in [3.05, 3.63) is 29.6 Å². The Morgan fingerprint density at radius 2 is 2.23 bits per heavy atom. The van der Waals surface area contributed by atoms with Crippen LogP contribution in [0.25, 0.3) is 10.1 Å². The summed E-state index contributed by atoms with van der Waals surface area (Å²) in [5, 5.41) is 3.38. The van der Waals surface area contributed by atoms with Crippen molar-refractivity contribution in [3.63, 3.8) is 0 Å². The van der Waals surface area contributed by atoms with Crippen LogP contribution in [-0.4, -0.2) is 6.61 Å². The number of hydrogen-bond donors (Lipinski definition) is 0. The molecule has 2 rings (SSSR count). The number of thiophene rings is 1. The zero-order valence-corrected chi connectivity index (χ0v) is 8.43. The molecule has 0 unspecified atom stereocenters.